The lowest BCUT2D eigenvalue weighted by Crippen LogP contribution is -2.32. The van der Waals surface area contributed by atoms with E-state index in [2.05, 4.69) is 25.3 Å². The van der Waals surface area contributed by atoms with E-state index in [0.717, 1.165) is 31.6 Å². The molecule has 0 spiro atoms. The highest BCUT2D eigenvalue weighted by atomic mass is 16.3. The van der Waals surface area contributed by atoms with Crippen LogP contribution in [0.1, 0.15) is 27.2 Å². The number of hydrogen-bond acceptors (Lipinski definition) is 2. The van der Waals surface area contributed by atoms with E-state index in [9.17, 15) is 5.11 Å². The highest BCUT2D eigenvalue weighted by Gasteiger charge is 2.10. The van der Waals surface area contributed by atoms with Crippen molar-refractivity contribution in [2.45, 2.75) is 33.3 Å². The molecule has 72 valence electrons. The summed E-state index contributed by atoms with van der Waals surface area (Å²) in [5, 5.41) is 9.61. The first-order valence-corrected chi connectivity index (χ1v) is 4.73. The first-order chi connectivity index (χ1) is 5.65. The minimum absolute atomic E-state index is 0.352. The van der Waals surface area contributed by atoms with E-state index in [-0.39, 0.29) is 6.10 Å². The van der Waals surface area contributed by atoms with Crippen molar-refractivity contribution >= 4 is 0 Å². The first-order valence-electron chi connectivity index (χ1n) is 4.73. The third kappa shape index (κ3) is 3.88. The summed E-state index contributed by atoms with van der Waals surface area (Å²) in [6, 6.07) is 0. The summed E-state index contributed by atoms with van der Waals surface area (Å²) in [5.74, 6) is 0. The van der Waals surface area contributed by atoms with Crippen LogP contribution < -0.4 is 0 Å². The van der Waals surface area contributed by atoms with Gasteiger partial charge in [0.05, 0.1) is 6.10 Å². The Labute approximate surface area is 75.9 Å². The largest absolute Gasteiger partial charge is 0.387 e. The third-order valence-corrected chi connectivity index (χ3v) is 2.25. The van der Waals surface area contributed by atoms with Crippen molar-refractivity contribution < 1.29 is 5.11 Å². The van der Waals surface area contributed by atoms with E-state index in [0.29, 0.717) is 0 Å². The lowest BCUT2D eigenvalue weighted by Gasteiger charge is -2.22. The number of hydrogen-bond donors (Lipinski definition) is 1. The Morgan fingerprint density at radius 3 is 2.17 bits per heavy atom. The van der Waals surface area contributed by atoms with Crippen LogP contribution in [0.25, 0.3) is 0 Å². The van der Waals surface area contributed by atoms with Crippen LogP contribution in [0.15, 0.2) is 12.2 Å². The van der Waals surface area contributed by atoms with Crippen molar-refractivity contribution in [3.63, 3.8) is 0 Å². The van der Waals surface area contributed by atoms with Crippen LogP contribution in [0, 0.1) is 0 Å². The molecule has 0 amide bonds. The zero-order valence-corrected chi connectivity index (χ0v) is 8.51. The van der Waals surface area contributed by atoms with Crippen LogP contribution >= 0.6 is 0 Å². The van der Waals surface area contributed by atoms with Gasteiger partial charge in [0.2, 0.25) is 0 Å². The number of aliphatic hydroxyl groups is 1. The summed E-state index contributed by atoms with van der Waals surface area (Å²) in [6.07, 6.45) is 0.512. The van der Waals surface area contributed by atoms with E-state index in [1.54, 1.807) is 0 Å². The summed E-state index contributed by atoms with van der Waals surface area (Å²) in [4.78, 5) is 2.20. The summed E-state index contributed by atoms with van der Waals surface area (Å²) < 4.78 is 0. The van der Waals surface area contributed by atoms with Gasteiger partial charge in [0.1, 0.15) is 0 Å². The molecular formula is C10H21NO. The normalized spacial score (nSPS) is 13.4. The molecule has 2 nitrogen and oxygen atoms in total. The predicted octanol–water partition coefficient (Wildman–Crippen LogP) is 1.66. The molecule has 0 aromatic carbocycles. The van der Waals surface area contributed by atoms with Crippen LogP contribution in [-0.2, 0) is 0 Å². The Morgan fingerprint density at radius 1 is 1.33 bits per heavy atom. The van der Waals surface area contributed by atoms with Crippen molar-refractivity contribution in [1.29, 1.82) is 0 Å². The molecule has 0 aromatic heterocycles. The molecule has 0 saturated heterocycles. The third-order valence-electron chi connectivity index (χ3n) is 2.25. The fourth-order valence-corrected chi connectivity index (χ4v) is 1.09. The van der Waals surface area contributed by atoms with Crippen LogP contribution in [0.5, 0.6) is 0 Å². The van der Waals surface area contributed by atoms with E-state index in [1.807, 2.05) is 6.92 Å². The molecular weight excluding hydrogens is 150 g/mol. The summed E-state index contributed by atoms with van der Waals surface area (Å²) in [6.45, 7) is 12.7. The smallest absolute Gasteiger partial charge is 0.0874 e. The summed E-state index contributed by atoms with van der Waals surface area (Å²) in [5.41, 5.74) is 0.932. The minimum Gasteiger partial charge on any atom is -0.387 e. The molecule has 0 aliphatic carbocycles. The molecule has 0 fully saturated rings. The van der Waals surface area contributed by atoms with Crippen molar-refractivity contribution in [3.05, 3.63) is 12.2 Å². The molecule has 2 heteroatoms. The van der Waals surface area contributed by atoms with Crippen LogP contribution in [-0.4, -0.2) is 35.7 Å². The maximum Gasteiger partial charge on any atom is 0.0874 e. The van der Waals surface area contributed by atoms with Crippen molar-refractivity contribution in [2.75, 3.05) is 19.6 Å². The molecule has 0 radical (unpaired) electrons. The SMILES string of the molecule is C=C(CC)C(O)CN(CC)CC. The first kappa shape index (κ1) is 11.7. The van der Waals surface area contributed by atoms with Crippen LogP contribution in [0.4, 0.5) is 0 Å². The van der Waals surface area contributed by atoms with Gasteiger partial charge >= 0.3 is 0 Å². The van der Waals surface area contributed by atoms with Gasteiger partial charge in [-0.25, -0.2) is 0 Å². The van der Waals surface area contributed by atoms with Gasteiger partial charge in [-0.3, -0.25) is 0 Å². The van der Waals surface area contributed by atoms with Gasteiger partial charge in [0, 0.05) is 6.54 Å². The number of aliphatic hydroxyl groups excluding tert-OH is 1. The highest BCUT2D eigenvalue weighted by molar-refractivity contribution is 5.01. The topological polar surface area (TPSA) is 23.5 Å². The maximum atomic E-state index is 9.61. The minimum atomic E-state index is -0.352. The molecule has 0 rings (SSSR count). The molecule has 1 unspecified atom stereocenters. The highest BCUT2D eigenvalue weighted by Crippen LogP contribution is 2.05. The molecule has 0 saturated carbocycles. The standard InChI is InChI=1S/C10H21NO/c1-5-9(4)10(12)8-11(6-2)7-3/h10,12H,4-8H2,1-3H3. The van der Waals surface area contributed by atoms with Gasteiger partial charge in [-0.05, 0) is 25.1 Å². The number of likely N-dealkylation sites (N-methyl/N-ethyl adjacent to an activating group) is 1. The second-order valence-electron chi connectivity index (χ2n) is 3.01. The van der Waals surface area contributed by atoms with Crippen molar-refractivity contribution in [2.24, 2.45) is 0 Å². The van der Waals surface area contributed by atoms with Crippen LogP contribution in [0.3, 0.4) is 0 Å². The van der Waals surface area contributed by atoms with Crippen molar-refractivity contribution in [1.82, 2.24) is 4.90 Å². The Balaban J connectivity index is 3.80. The fourth-order valence-electron chi connectivity index (χ4n) is 1.09. The van der Waals surface area contributed by atoms with Crippen LogP contribution in [0.2, 0.25) is 0 Å². The van der Waals surface area contributed by atoms with Crippen molar-refractivity contribution in [3.8, 4) is 0 Å². The molecule has 0 bridgehead atoms. The average Bonchev–Trinajstić information content (AvgIpc) is 2.12. The quantitative estimate of drug-likeness (QED) is 0.614. The lowest BCUT2D eigenvalue weighted by atomic mass is 10.1. The Hall–Kier alpha value is -0.340. The van der Waals surface area contributed by atoms with E-state index < -0.39 is 0 Å². The molecule has 0 aliphatic rings. The zero-order chi connectivity index (χ0) is 9.56. The Morgan fingerprint density at radius 2 is 1.83 bits per heavy atom. The van der Waals surface area contributed by atoms with Gasteiger partial charge in [0.25, 0.3) is 0 Å². The van der Waals surface area contributed by atoms with Gasteiger partial charge in [-0.15, -0.1) is 0 Å². The predicted molar refractivity (Wildman–Crippen MR) is 53.2 cm³/mol. The number of nitrogens with zero attached hydrogens (tertiary/aromatic N) is 1. The zero-order valence-electron chi connectivity index (χ0n) is 8.51. The second-order valence-corrected chi connectivity index (χ2v) is 3.01. The summed E-state index contributed by atoms with van der Waals surface area (Å²) in [7, 11) is 0. The molecule has 0 aliphatic heterocycles. The van der Waals surface area contributed by atoms with Gasteiger partial charge in [-0.2, -0.15) is 0 Å². The molecule has 12 heavy (non-hydrogen) atoms. The lowest BCUT2D eigenvalue weighted by molar-refractivity contribution is 0.143. The maximum absolute atomic E-state index is 9.61. The van der Waals surface area contributed by atoms with E-state index in [4.69, 9.17) is 0 Å². The molecule has 0 heterocycles. The molecule has 1 N–H and O–H groups in total. The van der Waals surface area contributed by atoms with Gasteiger partial charge in [-0.1, -0.05) is 27.4 Å². The molecule has 0 aromatic rings. The average molecular weight is 171 g/mol. The fraction of sp³-hybridized carbons (Fsp3) is 0.800. The second kappa shape index (κ2) is 6.21. The molecule has 1 atom stereocenters. The van der Waals surface area contributed by atoms with E-state index >= 15 is 0 Å². The number of rotatable bonds is 6. The van der Waals surface area contributed by atoms with Gasteiger partial charge in [0.15, 0.2) is 0 Å². The Bertz CT molecular complexity index is 130. The Kier molecular flexibility index (Phi) is 6.03. The monoisotopic (exact) mass is 171 g/mol. The summed E-state index contributed by atoms with van der Waals surface area (Å²) >= 11 is 0. The van der Waals surface area contributed by atoms with E-state index in [1.165, 1.54) is 0 Å². The van der Waals surface area contributed by atoms with Gasteiger partial charge < -0.3 is 10.0 Å².